The molecule has 152 valence electrons. The molecule has 8 heteroatoms. The third kappa shape index (κ3) is 4.87. The second-order valence-electron chi connectivity index (χ2n) is 7.39. The lowest BCUT2D eigenvalue weighted by Crippen LogP contribution is -2.36. The molecule has 27 heavy (non-hydrogen) atoms. The predicted molar refractivity (Wildman–Crippen MR) is 105 cm³/mol. The van der Waals surface area contributed by atoms with Gasteiger partial charge in [0.25, 0.3) is 0 Å². The molecule has 0 aromatic heterocycles. The summed E-state index contributed by atoms with van der Waals surface area (Å²) in [4.78, 5) is 12.3. The number of benzene rings is 1. The second-order valence-corrected chi connectivity index (χ2v) is 9.10. The molecule has 1 aliphatic rings. The molecule has 1 saturated heterocycles. The molecule has 0 saturated carbocycles. The van der Waals surface area contributed by atoms with E-state index in [1.807, 2.05) is 34.6 Å². The number of rotatable bonds is 7. The first-order chi connectivity index (χ1) is 12.6. The van der Waals surface area contributed by atoms with Crippen molar-refractivity contribution in [2.75, 3.05) is 26.2 Å². The molecule has 0 aliphatic carbocycles. The van der Waals surface area contributed by atoms with Crippen molar-refractivity contribution in [1.29, 1.82) is 0 Å². The van der Waals surface area contributed by atoms with Crippen molar-refractivity contribution in [2.24, 2.45) is 5.92 Å². The van der Waals surface area contributed by atoms with Gasteiger partial charge in [-0.1, -0.05) is 0 Å². The number of hydrogen-bond donors (Lipinski definition) is 4. The van der Waals surface area contributed by atoms with Gasteiger partial charge >= 0.3 is 0 Å². The largest absolute Gasteiger partial charge is 0.391 e. The van der Waals surface area contributed by atoms with Crippen molar-refractivity contribution in [3.63, 3.8) is 0 Å². The Balaban J connectivity index is 1.96. The number of hydrogen-bond acceptors (Lipinski definition) is 5. The van der Waals surface area contributed by atoms with Gasteiger partial charge in [0.05, 0.1) is 11.0 Å². The maximum atomic E-state index is 12.8. The van der Waals surface area contributed by atoms with Gasteiger partial charge in [-0.3, -0.25) is 4.79 Å². The number of carbonyl (C=O) groups is 1. The molecule has 1 aliphatic heterocycles. The maximum absolute atomic E-state index is 12.8. The van der Waals surface area contributed by atoms with Crippen molar-refractivity contribution in [1.82, 2.24) is 15.4 Å². The van der Waals surface area contributed by atoms with E-state index in [9.17, 15) is 18.3 Å². The Morgan fingerprint density at radius 1 is 1.04 bits per heavy atom. The monoisotopic (exact) mass is 397 g/mol. The van der Waals surface area contributed by atoms with Crippen molar-refractivity contribution in [3.8, 4) is 0 Å². The molecule has 1 aromatic carbocycles. The summed E-state index contributed by atoms with van der Waals surface area (Å²) in [6, 6.07) is 0. The van der Waals surface area contributed by atoms with E-state index >= 15 is 0 Å². The Morgan fingerprint density at radius 2 is 1.59 bits per heavy atom. The average molecular weight is 398 g/mol. The van der Waals surface area contributed by atoms with Crippen LogP contribution in [0.15, 0.2) is 4.90 Å². The number of carbonyl (C=O) groups excluding carboxylic acids is 1. The van der Waals surface area contributed by atoms with Gasteiger partial charge in [-0.2, -0.15) is 0 Å². The normalized spacial score (nSPS) is 20.1. The molecule has 1 amide bonds. The molecule has 1 fully saturated rings. The van der Waals surface area contributed by atoms with Gasteiger partial charge in [0, 0.05) is 38.5 Å². The number of aliphatic hydroxyl groups excluding tert-OH is 1. The van der Waals surface area contributed by atoms with Crippen LogP contribution in [0.4, 0.5) is 0 Å². The minimum Gasteiger partial charge on any atom is -0.391 e. The minimum absolute atomic E-state index is 0.00514. The first-order valence-electron chi connectivity index (χ1n) is 9.28. The molecule has 2 rings (SSSR count). The van der Waals surface area contributed by atoms with Crippen LogP contribution in [0, 0.1) is 40.5 Å². The highest BCUT2D eigenvalue weighted by Gasteiger charge is 2.26. The third-order valence-electron chi connectivity index (χ3n) is 5.71. The van der Waals surface area contributed by atoms with E-state index in [0.29, 0.717) is 24.5 Å². The van der Waals surface area contributed by atoms with Gasteiger partial charge in [-0.25, -0.2) is 13.1 Å². The van der Waals surface area contributed by atoms with E-state index in [2.05, 4.69) is 15.4 Å². The summed E-state index contributed by atoms with van der Waals surface area (Å²) in [6.45, 7) is 11.1. The van der Waals surface area contributed by atoms with Crippen molar-refractivity contribution < 1.29 is 18.3 Å². The van der Waals surface area contributed by atoms with Gasteiger partial charge in [0.15, 0.2) is 0 Å². The molecule has 4 N–H and O–H groups in total. The van der Waals surface area contributed by atoms with Crippen molar-refractivity contribution in [3.05, 3.63) is 27.8 Å². The van der Waals surface area contributed by atoms with E-state index < -0.39 is 16.1 Å². The molecule has 2 atom stereocenters. The zero-order chi connectivity index (χ0) is 20.4. The van der Waals surface area contributed by atoms with Crippen molar-refractivity contribution in [2.45, 2.75) is 52.0 Å². The topological polar surface area (TPSA) is 108 Å². The van der Waals surface area contributed by atoms with E-state index in [4.69, 9.17) is 0 Å². The van der Waals surface area contributed by atoms with Crippen LogP contribution >= 0.6 is 0 Å². The van der Waals surface area contributed by atoms with Gasteiger partial charge < -0.3 is 15.7 Å². The lowest BCUT2D eigenvalue weighted by atomic mass is 9.95. The second kappa shape index (κ2) is 8.68. The van der Waals surface area contributed by atoms with Crippen LogP contribution in [-0.2, 0) is 14.8 Å². The zero-order valence-corrected chi connectivity index (χ0v) is 17.6. The smallest absolute Gasteiger partial charge is 0.241 e. The highest BCUT2D eigenvalue weighted by atomic mass is 32.2. The van der Waals surface area contributed by atoms with E-state index in [1.54, 1.807) is 0 Å². The molecule has 1 heterocycles. The minimum atomic E-state index is -3.70. The Kier molecular flexibility index (Phi) is 7.02. The number of sulfonamides is 1. The van der Waals surface area contributed by atoms with Crippen LogP contribution in [-0.4, -0.2) is 51.7 Å². The van der Waals surface area contributed by atoms with Crippen LogP contribution in [0.25, 0.3) is 0 Å². The average Bonchev–Trinajstić information content (AvgIpc) is 3.01. The summed E-state index contributed by atoms with van der Waals surface area (Å²) in [5.74, 6) is -0.240. The molecular formula is C19H31N3O4S. The Bertz CT molecular complexity index is 792. The lowest BCUT2D eigenvalue weighted by molar-refractivity contribution is -0.121. The van der Waals surface area contributed by atoms with E-state index in [-0.39, 0.29) is 24.8 Å². The summed E-state index contributed by atoms with van der Waals surface area (Å²) in [5, 5.41) is 15.5. The number of β-amino-alcohol motifs (C(OH)–C–C–N with tert-alkyl or cyclic N) is 1. The first-order valence-corrected chi connectivity index (χ1v) is 10.8. The maximum Gasteiger partial charge on any atom is 0.241 e. The van der Waals surface area contributed by atoms with Gasteiger partial charge in [-0.05, 0) is 62.4 Å². The Morgan fingerprint density at radius 3 is 2.11 bits per heavy atom. The van der Waals surface area contributed by atoms with Crippen LogP contribution in [0.5, 0.6) is 0 Å². The molecule has 7 nitrogen and oxygen atoms in total. The standard InChI is InChI=1S/C19H31N3O4S/c1-11-12(2)14(4)19(15(5)13(11)3)27(25,26)22-7-6-18(24)21-9-16-8-20-10-17(16)23/h16-17,20,22-23H,6-10H2,1-5H3,(H,21,24). The van der Waals surface area contributed by atoms with Crippen LogP contribution in [0.1, 0.15) is 34.2 Å². The van der Waals surface area contributed by atoms with Crippen LogP contribution < -0.4 is 15.4 Å². The zero-order valence-electron chi connectivity index (χ0n) is 16.8. The lowest BCUT2D eigenvalue weighted by Gasteiger charge is -2.19. The van der Waals surface area contributed by atoms with Gasteiger partial charge in [0.1, 0.15) is 0 Å². The summed E-state index contributed by atoms with van der Waals surface area (Å²) < 4.78 is 28.1. The summed E-state index contributed by atoms with van der Waals surface area (Å²) in [5.41, 5.74) is 4.54. The molecule has 2 unspecified atom stereocenters. The Hall–Kier alpha value is -1.48. The number of amides is 1. The van der Waals surface area contributed by atoms with Crippen LogP contribution in [0.2, 0.25) is 0 Å². The molecular weight excluding hydrogens is 366 g/mol. The van der Waals surface area contributed by atoms with E-state index in [0.717, 1.165) is 27.8 Å². The van der Waals surface area contributed by atoms with Crippen molar-refractivity contribution >= 4 is 15.9 Å². The highest BCUT2D eigenvalue weighted by Crippen LogP contribution is 2.29. The summed E-state index contributed by atoms with van der Waals surface area (Å²) in [7, 11) is -3.70. The quantitative estimate of drug-likeness (QED) is 0.539. The molecule has 0 radical (unpaired) electrons. The van der Waals surface area contributed by atoms with Crippen LogP contribution in [0.3, 0.4) is 0 Å². The first kappa shape index (κ1) is 21.8. The molecule has 0 bridgehead atoms. The fraction of sp³-hybridized carbons (Fsp3) is 0.632. The van der Waals surface area contributed by atoms with Gasteiger partial charge in [-0.15, -0.1) is 0 Å². The predicted octanol–water partition coefficient (Wildman–Crippen LogP) is 0.594. The fourth-order valence-corrected chi connectivity index (χ4v) is 5.13. The van der Waals surface area contributed by atoms with E-state index in [1.165, 1.54) is 0 Å². The Labute approximate surface area is 162 Å². The third-order valence-corrected chi connectivity index (χ3v) is 7.44. The number of aliphatic hydroxyl groups is 1. The van der Waals surface area contributed by atoms with Gasteiger partial charge in [0.2, 0.25) is 15.9 Å². The number of nitrogens with one attached hydrogen (secondary N) is 3. The highest BCUT2D eigenvalue weighted by molar-refractivity contribution is 7.89. The summed E-state index contributed by atoms with van der Waals surface area (Å²) >= 11 is 0. The SMILES string of the molecule is Cc1c(C)c(C)c(S(=O)(=O)NCCC(=O)NCC2CNCC2O)c(C)c1C. The fourth-order valence-electron chi connectivity index (χ4n) is 3.50. The molecule has 1 aromatic rings. The molecule has 0 spiro atoms. The summed E-state index contributed by atoms with van der Waals surface area (Å²) in [6.07, 6.45) is -0.403.